The molecule has 1 saturated carbocycles. The number of benzene rings is 1. The SMILES string of the molecule is C[C@@H]1CCCC[C@H]1NC(=O)c1cc(N)ccc1N(C)C. The molecule has 20 heavy (non-hydrogen) atoms. The molecule has 0 spiro atoms. The molecule has 1 amide bonds. The molecule has 4 nitrogen and oxygen atoms in total. The number of nitrogens with two attached hydrogens (primary N) is 1. The first-order valence-electron chi connectivity index (χ1n) is 7.36. The van der Waals surface area contributed by atoms with Crippen LogP contribution in [0.4, 0.5) is 11.4 Å². The smallest absolute Gasteiger partial charge is 0.253 e. The average Bonchev–Trinajstić information content (AvgIpc) is 2.40. The van der Waals surface area contributed by atoms with Crippen molar-refractivity contribution < 1.29 is 4.79 Å². The van der Waals surface area contributed by atoms with Crippen molar-refractivity contribution in [1.29, 1.82) is 0 Å². The molecule has 0 unspecified atom stereocenters. The first-order chi connectivity index (χ1) is 9.49. The van der Waals surface area contributed by atoms with Crippen LogP contribution in [0.5, 0.6) is 0 Å². The molecule has 0 aromatic heterocycles. The van der Waals surface area contributed by atoms with E-state index >= 15 is 0 Å². The molecular formula is C16H25N3O. The molecular weight excluding hydrogens is 250 g/mol. The Morgan fingerprint density at radius 1 is 1.30 bits per heavy atom. The van der Waals surface area contributed by atoms with Gasteiger partial charge in [-0.25, -0.2) is 0 Å². The van der Waals surface area contributed by atoms with Crippen molar-refractivity contribution in [3.63, 3.8) is 0 Å². The minimum atomic E-state index is -0.0141. The number of nitrogens with one attached hydrogen (secondary N) is 1. The van der Waals surface area contributed by atoms with Gasteiger partial charge in [-0.15, -0.1) is 0 Å². The average molecular weight is 275 g/mol. The van der Waals surface area contributed by atoms with Gasteiger partial charge in [0.2, 0.25) is 0 Å². The fourth-order valence-corrected chi connectivity index (χ4v) is 2.90. The van der Waals surface area contributed by atoms with Crippen LogP contribution < -0.4 is 16.0 Å². The predicted octanol–water partition coefficient (Wildman–Crippen LogP) is 2.64. The summed E-state index contributed by atoms with van der Waals surface area (Å²) in [5.41, 5.74) is 8.01. The number of hydrogen-bond acceptors (Lipinski definition) is 3. The van der Waals surface area contributed by atoms with Gasteiger partial charge in [0, 0.05) is 31.5 Å². The molecule has 2 atom stereocenters. The number of anilines is 2. The second-order valence-corrected chi connectivity index (χ2v) is 6.01. The topological polar surface area (TPSA) is 58.4 Å². The summed E-state index contributed by atoms with van der Waals surface area (Å²) in [5, 5.41) is 3.19. The lowest BCUT2D eigenvalue weighted by Gasteiger charge is -2.30. The molecule has 1 aromatic carbocycles. The van der Waals surface area contributed by atoms with Gasteiger partial charge in [0.05, 0.1) is 5.56 Å². The maximum absolute atomic E-state index is 12.5. The van der Waals surface area contributed by atoms with E-state index in [9.17, 15) is 4.79 Å². The number of hydrogen-bond donors (Lipinski definition) is 2. The lowest BCUT2D eigenvalue weighted by Crippen LogP contribution is -2.41. The Hall–Kier alpha value is -1.71. The molecule has 1 fully saturated rings. The summed E-state index contributed by atoms with van der Waals surface area (Å²) >= 11 is 0. The summed E-state index contributed by atoms with van der Waals surface area (Å²) in [6.45, 7) is 2.22. The monoisotopic (exact) mass is 275 g/mol. The quantitative estimate of drug-likeness (QED) is 0.834. The largest absolute Gasteiger partial charge is 0.399 e. The van der Waals surface area contributed by atoms with E-state index < -0.39 is 0 Å². The molecule has 0 bridgehead atoms. The highest BCUT2D eigenvalue weighted by atomic mass is 16.1. The summed E-state index contributed by atoms with van der Waals surface area (Å²) in [7, 11) is 3.87. The van der Waals surface area contributed by atoms with Crippen molar-refractivity contribution in [2.75, 3.05) is 24.7 Å². The van der Waals surface area contributed by atoms with Crippen LogP contribution in [-0.2, 0) is 0 Å². The zero-order valence-corrected chi connectivity index (χ0v) is 12.6. The minimum absolute atomic E-state index is 0.0141. The maximum Gasteiger partial charge on any atom is 0.253 e. The second kappa shape index (κ2) is 6.16. The molecule has 3 N–H and O–H groups in total. The Bertz CT molecular complexity index is 485. The Kier molecular flexibility index (Phi) is 4.53. The number of rotatable bonds is 3. The minimum Gasteiger partial charge on any atom is -0.399 e. The van der Waals surface area contributed by atoms with Gasteiger partial charge in [0.15, 0.2) is 0 Å². The molecule has 0 saturated heterocycles. The van der Waals surface area contributed by atoms with Crippen LogP contribution in [0.25, 0.3) is 0 Å². The van der Waals surface area contributed by atoms with Crippen LogP contribution in [-0.4, -0.2) is 26.0 Å². The van der Waals surface area contributed by atoms with Crippen molar-refractivity contribution in [1.82, 2.24) is 5.32 Å². The van der Waals surface area contributed by atoms with Gasteiger partial charge >= 0.3 is 0 Å². The van der Waals surface area contributed by atoms with Crippen LogP contribution in [0.2, 0.25) is 0 Å². The highest BCUT2D eigenvalue weighted by Crippen LogP contribution is 2.26. The van der Waals surface area contributed by atoms with E-state index in [4.69, 9.17) is 5.73 Å². The third-order valence-corrected chi connectivity index (χ3v) is 4.18. The van der Waals surface area contributed by atoms with Gasteiger partial charge in [-0.05, 0) is 37.0 Å². The van der Waals surface area contributed by atoms with Gasteiger partial charge in [0.1, 0.15) is 0 Å². The molecule has 2 rings (SSSR count). The fraction of sp³-hybridized carbons (Fsp3) is 0.562. The van der Waals surface area contributed by atoms with Crippen molar-refractivity contribution in [2.45, 2.75) is 38.6 Å². The van der Waals surface area contributed by atoms with E-state index in [2.05, 4.69) is 12.2 Å². The highest BCUT2D eigenvalue weighted by Gasteiger charge is 2.24. The van der Waals surface area contributed by atoms with Crippen LogP contribution >= 0.6 is 0 Å². The lowest BCUT2D eigenvalue weighted by atomic mass is 9.86. The summed E-state index contributed by atoms with van der Waals surface area (Å²) in [5.74, 6) is 0.538. The lowest BCUT2D eigenvalue weighted by molar-refractivity contribution is 0.0911. The standard InChI is InChI=1S/C16H25N3O/c1-11-6-4-5-7-14(11)18-16(20)13-10-12(17)8-9-15(13)19(2)3/h8-11,14H,4-7,17H2,1-3H3,(H,18,20)/t11-,14-/m1/s1. The van der Waals surface area contributed by atoms with Gasteiger partial charge in [-0.2, -0.15) is 0 Å². The molecule has 4 heteroatoms. The van der Waals surface area contributed by atoms with Crippen molar-refractivity contribution in [2.24, 2.45) is 5.92 Å². The summed E-state index contributed by atoms with van der Waals surface area (Å²) in [6, 6.07) is 5.77. The Morgan fingerprint density at radius 3 is 2.65 bits per heavy atom. The van der Waals surface area contributed by atoms with Crippen molar-refractivity contribution in [3.8, 4) is 0 Å². The third kappa shape index (κ3) is 3.24. The second-order valence-electron chi connectivity index (χ2n) is 6.01. The predicted molar refractivity (Wildman–Crippen MR) is 84.1 cm³/mol. The van der Waals surface area contributed by atoms with Crippen molar-refractivity contribution in [3.05, 3.63) is 23.8 Å². The van der Waals surface area contributed by atoms with Gasteiger partial charge in [-0.1, -0.05) is 19.8 Å². The van der Waals surface area contributed by atoms with Crippen molar-refractivity contribution >= 4 is 17.3 Å². The first-order valence-corrected chi connectivity index (χ1v) is 7.36. The normalized spacial score (nSPS) is 22.4. The molecule has 0 radical (unpaired) electrons. The van der Waals surface area contributed by atoms with E-state index in [1.54, 1.807) is 6.07 Å². The summed E-state index contributed by atoms with van der Waals surface area (Å²) in [6.07, 6.45) is 4.75. The van der Waals surface area contributed by atoms with Crippen LogP contribution in [0.3, 0.4) is 0 Å². The van der Waals surface area contributed by atoms with Gasteiger partial charge in [-0.3, -0.25) is 4.79 Å². The number of carbonyl (C=O) groups is 1. The van der Waals surface area contributed by atoms with E-state index in [-0.39, 0.29) is 11.9 Å². The van der Waals surface area contributed by atoms with Gasteiger partial charge in [0.25, 0.3) is 5.91 Å². The fourth-order valence-electron chi connectivity index (χ4n) is 2.90. The highest BCUT2D eigenvalue weighted by molar-refractivity contribution is 6.00. The van der Waals surface area contributed by atoms with E-state index in [0.29, 0.717) is 17.2 Å². The van der Waals surface area contributed by atoms with Crippen LogP contribution in [0.15, 0.2) is 18.2 Å². The summed E-state index contributed by atoms with van der Waals surface area (Å²) in [4.78, 5) is 14.5. The van der Waals surface area contributed by atoms with Crippen LogP contribution in [0.1, 0.15) is 43.0 Å². The zero-order chi connectivity index (χ0) is 14.7. The van der Waals surface area contributed by atoms with Gasteiger partial charge < -0.3 is 16.0 Å². The molecule has 1 aromatic rings. The molecule has 110 valence electrons. The number of nitrogens with zero attached hydrogens (tertiary/aromatic N) is 1. The third-order valence-electron chi connectivity index (χ3n) is 4.18. The maximum atomic E-state index is 12.5. The molecule has 1 aliphatic rings. The Morgan fingerprint density at radius 2 is 2.00 bits per heavy atom. The molecule has 1 aliphatic carbocycles. The number of carbonyl (C=O) groups excluding carboxylic acids is 1. The van der Waals surface area contributed by atoms with E-state index in [1.165, 1.54) is 19.3 Å². The number of amides is 1. The summed E-state index contributed by atoms with van der Waals surface area (Å²) < 4.78 is 0. The van der Waals surface area contributed by atoms with E-state index in [0.717, 1.165) is 12.1 Å². The first kappa shape index (κ1) is 14.7. The van der Waals surface area contributed by atoms with Crippen LogP contribution in [0, 0.1) is 5.92 Å². The number of nitrogen functional groups attached to an aromatic ring is 1. The van der Waals surface area contributed by atoms with E-state index in [1.807, 2.05) is 31.1 Å². The molecule has 0 heterocycles. The Balaban J connectivity index is 2.18. The Labute approximate surface area is 121 Å². The molecule has 0 aliphatic heterocycles. The zero-order valence-electron chi connectivity index (χ0n) is 12.6.